The van der Waals surface area contributed by atoms with Crippen molar-refractivity contribution in [3.05, 3.63) is 22.4 Å². The average Bonchev–Trinajstić information content (AvgIpc) is 2.64. The molecule has 1 aliphatic heterocycles. The largest absolute Gasteiger partial charge is 0.375 e. The predicted octanol–water partition coefficient (Wildman–Crippen LogP) is 2.06. The maximum atomic E-state index is 12.4. The number of ketones is 1. The van der Waals surface area contributed by atoms with Crippen LogP contribution in [0.5, 0.6) is 0 Å². The van der Waals surface area contributed by atoms with E-state index in [4.69, 9.17) is 0 Å². The van der Waals surface area contributed by atoms with Crippen LogP contribution in [0.1, 0.15) is 39.0 Å². The lowest BCUT2D eigenvalue weighted by Gasteiger charge is -2.51. The summed E-state index contributed by atoms with van der Waals surface area (Å²) in [6.07, 6.45) is 0.338. The Bertz CT molecular complexity index is 436. The predicted molar refractivity (Wildman–Crippen MR) is 69.1 cm³/mol. The molecule has 0 spiro atoms. The molecule has 1 aliphatic rings. The molecule has 1 aromatic heterocycles. The van der Waals surface area contributed by atoms with Crippen molar-refractivity contribution in [3.8, 4) is 0 Å². The van der Waals surface area contributed by atoms with E-state index >= 15 is 0 Å². The second-order valence-electron chi connectivity index (χ2n) is 5.92. The summed E-state index contributed by atoms with van der Waals surface area (Å²) in [5.41, 5.74) is -2.36. The molecular weight excluding hydrogens is 234 g/mol. The van der Waals surface area contributed by atoms with Crippen molar-refractivity contribution in [2.75, 3.05) is 0 Å². The molecule has 17 heavy (non-hydrogen) atoms. The summed E-state index contributed by atoms with van der Waals surface area (Å²) >= 11 is 1.42. The van der Waals surface area contributed by atoms with Crippen LogP contribution >= 0.6 is 11.3 Å². The highest BCUT2D eigenvalue weighted by molar-refractivity contribution is 7.10. The Balaban J connectivity index is 2.50. The monoisotopic (exact) mass is 253 g/mol. The normalized spacial score (nSPS) is 31.5. The molecule has 2 heterocycles. The summed E-state index contributed by atoms with van der Waals surface area (Å²) in [4.78, 5) is 13.1. The van der Waals surface area contributed by atoms with Gasteiger partial charge in [0.05, 0.1) is 5.54 Å². The number of piperidine rings is 1. The molecule has 0 bridgehead atoms. The third kappa shape index (κ3) is 1.84. The van der Waals surface area contributed by atoms with Gasteiger partial charge in [0.1, 0.15) is 0 Å². The second-order valence-corrected chi connectivity index (χ2v) is 6.87. The number of carbonyl (C=O) groups excluding carboxylic acids is 1. The van der Waals surface area contributed by atoms with Crippen molar-refractivity contribution < 1.29 is 9.90 Å². The van der Waals surface area contributed by atoms with Crippen molar-refractivity contribution in [2.45, 2.75) is 50.8 Å². The Kier molecular flexibility index (Phi) is 2.73. The van der Waals surface area contributed by atoms with Crippen LogP contribution in [0.4, 0.5) is 0 Å². The van der Waals surface area contributed by atoms with Crippen LogP contribution in [0, 0.1) is 0 Å². The quantitative estimate of drug-likeness (QED) is 0.805. The van der Waals surface area contributed by atoms with Crippen molar-refractivity contribution in [3.63, 3.8) is 0 Å². The summed E-state index contributed by atoms with van der Waals surface area (Å²) in [5, 5.41) is 16.1. The number of Topliss-reactive ketones (excluding diaryl/α,β-unsaturated/α-hetero) is 1. The number of nitrogens with one attached hydrogen (secondary N) is 1. The zero-order valence-corrected chi connectivity index (χ0v) is 11.5. The summed E-state index contributed by atoms with van der Waals surface area (Å²) in [5.74, 6) is -0.103. The lowest BCUT2D eigenvalue weighted by molar-refractivity contribution is -0.157. The number of hydrogen-bond acceptors (Lipinski definition) is 4. The van der Waals surface area contributed by atoms with E-state index in [2.05, 4.69) is 5.32 Å². The van der Waals surface area contributed by atoms with Crippen LogP contribution in [-0.2, 0) is 10.4 Å². The van der Waals surface area contributed by atoms with Crippen LogP contribution in [0.15, 0.2) is 17.5 Å². The van der Waals surface area contributed by atoms with E-state index < -0.39 is 11.1 Å². The van der Waals surface area contributed by atoms with Gasteiger partial charge in [0.25, 0.3) is 0 Å². The fraction of sp³-hybridized carbons (Fsp3) is 0.615. The van der Waals surface area contributed by atoms with Crippen LogP contribution < -0.4 is 5.32 Å². The van der Waals surface area contributed by atoms with E-state index in [-0.39, 0.29) is 11.3 Å². The first kappa shape index (κ1) is 12.7. The number of rotatable bonds is 1. The van der Waals surface area contributed by atoms with Gasteiger partial charge in [-0.05, 0) is 39.1 Å². The highest BCUT2D eigenvalue weighted by Gasteiger charge is 2.57. The molecule has 0 saturated carbocycles. The van der Waals surface area contributed by atoms with E-state index in [0.29, 0.717) is 6.42 Å². The molecule has 94 valence electrons. The third-order valence-corrected chi connectivity index (χ3v) is 4.42. The van der Waals surface area contributed by atoms with E-state index in [9.17, 15) is 9.90 Å². The summed E-state index contributed by atoms with van der Waals surface area (Å²) in [6, 6.07) is 3.69. The number of hydrogen-bond donors (Lipinski definition) is 2. The molecule has 2 N–H and O–H groups in total. The average molecular weight is 253 g/mol. The molecule has 0 aromatic carbocycles. The first-order valence-corrected chi connectivity index (χ1v) is 6.66. The first-order valence-electron chi connectivity index (χ1n) is 5.78. The number of thiophene rings is 1. The summed E-state index contributed by atoms with van der Waals surface area (Å²) in [7, 11) is 0. The fourth-order valence-corrected chi connectivity index (χ4v) is 3.79. The van der Waals surface area contributed by atoms with E-state index in [1.807, 2.05) is 45.2 Å². The van der Waals surface area contributed by atoms with Gasteiger partial charge in [-0.3, -0.25) is 4.79 Å². The minimum atomic E-state index is -1.42. The minimum absolute atomic E-state index is 0.103. The van der Waals surface area contributed by atoms with Crippen LogP contribution in [0.25, 0.3) is 0 Å². The highest BCUT2D eigenvalue weighted by atomic mass is 32.1. The van der Waals surface area contributed by atoms with Crippen molar-refractivity contribution in [1.29, 1.82) is 0 Å². The van der Waals surface area contributed by atoms with Gasteiger partial charge in [0.2, 0.25) is 0 Å². The smallest absolute Gasteiger partial charge is 0.174 e. The van der Waals surface area contributed by atoms with Crippen molar-refractivity contribution in [1.82, 2.24) is 5.32 Å². The molecule has 1 unspecified atom stereocenters. The zero-order valence-electron chi connectivity index (χ0n) is 10.7. The summed E-state index contributed by atoms with van der Waals surface area (Å²) in [6.45, 7) is 7.73. The third-order valence-electron chi connectivity index (χ3n) is 3.44. The van der Waals surface area contributed by atoms with Gasteiger partial charge >= 0.3 is 0 Å². The first-order chi connectivity index (χ1) is 7.69. The maximum absolute atomic E-state index is 12.4. The molecule has 4 heteroatoms. The second kappa shape index (κ2) is 3.64. The SMILES string of the molecule is CC1(C)CC(=O)C(O)(c2cccs2)C(C)(C)N1. The van der Waals surface area contributed by atoms with Gasteiger partial charge in [-0.2, -0.15) is 0 Å². The Morgan fingerprint density at radius 3 is 2.47 bits per heavy atom. The number of aliphatic hydroxyl groups is 1. The molecular formula is C13H19NO2S. The van der Waals surface area contributed by atoms with Gasteiger partial charge in [-0.25, -0.2) is 0 Å². The molecule has 1 fully saturated rings. The maximum Gasteiger partial charge on any atom is 0.174 e. The Morgan fingerprint density at radius 1 is 1.35 bits per heavy atom. The fourth-order valence-electron chi connectivity index (χ4n) is 2.79. The van der Waals surface area contributed by atoms with E-state index in [1.165, 1.54) is 11.3 Å². The molecule has 2 rings (SSSR count). The van der Waals surface area contributed by atoms with Crippen molar-refractivity contribution in [2.24, 2.45) is 0 Å². The van der Waals surface area contributed by atoms with Gasteiger partial charge in [-0.1, -0.05) is 6.07 Å². The Hall–Kier alpha value is -0.710. The Morgan fingerprint density at radius 2 is 2.00 bits per heavy atom. The zero-order chi connectivity index (χ0) is 12.9. The van der Waals surface area contributed by atoms with Gasteiger partial charge in [0.15, 0.2) is 11.4 Å². The molecule has 0 amide bonds. The standard InChI is InChI=1S/C13H19NO2S/c1-11(2)8-9(15)13(16,12(3,4)14-11)10-6-5-7-17-10/h5-7,14,16H,8H2,1-4H3. The topological polar surface area (TPSA) is 49.3 Å². The molecule has 1 atom stereocenters. The molecule has 0 radical (unpaired) electrons. The van der Waals surface area contributed by atoms with Gasteiger partial charge < -0.3 is 10.4 Å². The van der Waals surface area contributed by atoms with Crippen LogP contribution in [0.2, 0.25) is 0 Å². The molecule has 1 saturated heterocycles. The van der Waals surface area contributed by atoms with Gasteiger partial charge in [-0.15, -0.1) is 11.3 Å². The lowest BCUT2D eigenvalue weighted by atomic mass is 9.69. The van der Waals surface area contributed by atoms with Crippen LogP contribution in [0.3, 0.4) is 0 Å². The molecule has 1 aromatic rings. The highest BCUT2D eigenvalue weighted by Crippen LogP contribution is 2.42. The molecule has 3 nitrogen and oxygen atoms in total. The minimum Gasteiger partial charge on any atom is -0.375 e. The van der Waals surface area contributed by atoms with Crippen molar-refractivity contribution >= 4 is 17.1 Å². The lowest BCUT2D eigenvalue weighted by Crippen LogP contribution is -2.70. The van der Waals surface area contributed by atoms with E-state index in [0.717, 1.165) is 4.88 Å². The van der Waals surface area contributed by atoms with Crippen LogP contribution in [-0.4, -0.2) is 22.0 Å². The number of carbonyl (C=O) groups is 1. The van der Waals surface area contributed by atoms with Gasteiger partial charge in [0, 0.05) is 16.8 Å². The molecule has 0 aliphatic carbocycles. The summed E-state index contributed by atoms with van der Waals surface area (Å²) < 4.78 is 0. The van der Waals surface area contributed by atoms with E-state index in [1.54, 1.807) is 0 Å². The Labute approximate surface area is 106 Å².